The molecule has 0 fully saturated rings. The van der Waals surface area contributed by atoms with E-state index in [2.05, 4.69) is 79.3 Å². The molecule has 0 spiro atoms. The number of hydrogen-bond donors (Lipinski definition) is 0. The second-order valence-corrected chi connectivity index (χ2v) is 6.03. The average Bonchev–Trinajstić information content (AvgIpc) is 2.63. The summed E-state index contributed by atoms with van der Waals surface area (Å²) in [5.41, 5.74) is 5.85. The fourth-order valence-electron chi connectivity index (χ4n) is 3.31. The van der Waals surface area contributed by atoms with Gasteiger partial charge in [-0.3, -0.25) is 4.57 Å². The average molecular weight is 408 g/mol. The van der Waals surface area contributed by atoms with Gasteiger partial charge in [-0.15, -0.1) is 6.07 Å². The van der Waals surface area contributed by atoms with Gasteiger partial charge in [-0.1, -0.05) is 42.5 Å². The molecular weight excluding hydrogens is 390 g/mol. The van der Waals surface area contributed by atoms with Gasteiger partial charge in [-0.2, -0.15) is 35.9 Å². The molecule has 1 heterocycles. The first kappa shape index (κ1) is 20.5. The Labute approximate surface area is 182 Å². The van der Waals surface area contributed by atoms with Crippen molar-refractivity contribution in [3.63, 3.8) is 0 Å². The molecule has 0 saturated carbocycles. The summed E-state index contributed by atoms with van der Waals surface area (Å²) in [4.78, 5) is 0. The van der Waals surface area contributed by atoms with Gasteiger partial charge in [0.2, 0.25) is 0 Å². The van der Waals surface area contributed by atoms with Crippen LogP contribution >= 0.6 is 0 Å². The fourth-order valence-corrected chi connectivity index (χ4v) is 3.31. The van der Waals surface area contributed by atoms with Crippen LogP contribution in [0.4, 0.5) is 0 Å². The molecule has 0 bridgehead atoms. The summed E-state index contributed by atoms with van der Waals surface area (Å²) in [6, 6.07) is 29.7. The van der Waals surface area contributed by atoms with Crippen molar-refractivity contribution in [1.82, 2.24) is 0 Å². The normalized spacial score (nSPS) is 10.1. The molecule has 0 saturated heterocycles. The van der Waals surface area contributed by atoms with Gasteiger partial charge in [-0.05, 0) is 28.8 Å². The first-order valence-corrected chi connectivity index (χ1v) is 8.12. The van der Waals surface area contributed by atoms with E-state index < -0.39 is 0 Å². The zero-order chi connectivity index (χ0) is 16.5. The predicted molar refractivity (Wildman–Crippen MR) is 104 cm³/mol. The van der Waals surface area contributed by atoms with Gasteiger partial charge in [0.15, 0.2) is 0 Å². The number of aromatic nitrogens is 1. The number of hydrogen-bond acceptors (Lipinski definition) is 0. The summed E-state index contributed by atoms with van der Waals surface area (Å²) in [6.45, 7) is 2.20. The van der Waals surface area contributed by atoms with Crippen molar-refractivity contribution < 1.29 is 37.3 Å². The quantitative estimate of drug-likeness (QED) is 0.261. The largest absolute Gasteiger partial charge is 0.289 e. The number of fused-ring (bicyclic) bond motifs is 1. The van der Waals surface area contributed by atoms with E-state index in [1.807, 2.05) is 24.3 Å². The minimum absolute atomic E-state index is 0. The van der Waals surface area contributed by atoms with Crippen LogP contribution in [0.1, 0.15) is 5.56 Å². The summed E-state index contributed by atoms with van der Waals surface area (Å²) in [7, 11) is 2.09. The van der Waals surface area contributed by atoms with Crippen molar-refractivity contribution in [3.05, 3.63) is 90.6 Å². The summed E-state index contributed by atoms with van der Waals surface area (Å²) in [5, 5.41) is 2.57. The van der Waals surface area contributed by atoms with E-state index in [-0.39, 0.29) is 41.1 Å². The number of rotatable bonds is 2. The van der Waals surface area contributed by atoms with Gasteiger partial charge in [-0.25, -0.2) is 5.56 Å². The predicted octanol–water partition coefficient (Wildman–Crippen LogP) is 4.52. The van der Waals surface area contributed by atoms with Crippen LogP contribution in [0.2, 0.25) is 0 Å². The molecule has 4 radical (unpaired) electrons. The first-order chi connectivity index (χ1) is 11.8. The third-order valence-electron chi connectivity index (χ3n) is 4.55. The van der Waals surface area contributed by atoms with Crippen LogP contribution in [-0.4, -0.2) is 8.41 Å². The number of pyridine rings is 1. The van der Waals surface area contributed by atoms with Crippen LogP contribution in [0.3, 0.4) is 0 Å². The Kier molecular flexibility index (Phi) is 6.92. The van der Waals surface area contributed by atoms with E-state index in [0.717, 1.165) is 11.1 Å². The zero-order valence-corrected chi connectivity index (χ0v) is 17.9. The van der Waals surface area contributed by atoms with E-state index in [1.165, 1.54) is 27.6 Å². The Morgan fingerprint density at radius 1 is 0.846 bits per heavy atom. The Morgan fingerprint density at radius 3 is 2.38 bits per heavy atom. The van der Waals surface area contributed by atoms with Gasteiger partial charge in [0.25, 0.3) is 0 Å². The molecule has 0 aliphatic carbocycles. The zero-order valence-electron chi connectivity index (χ0n) is 15.0. The minimum atomic E-state index is 0. The number of nitrogens with zero attached hydrogens (tertiary/aromatic N) is 1. The van der Waals surface area contributed by atoms with Gasteiger partial charge < -0.3 is 0 Å². The molecule has 3 heteroatoms. The van der Waals surface area contributed by atoms with Crippen LogP contribution in [-0.2, 0) is 39.8 Å². The Bertz CT molecular complexity index is 1030. The topological polar surface area (TPSA) is 3.88 Å². The molecule has 4 rings (SSSR count). The van der Waals surface area contributed by atoms with Crippen molar-refractivity contribution in [2.75, 3.05) is 0 Å². The summed E-state index contributed by atoms with van der Waals surface area (Å²) >= 11 is 0. The molecule has 0 amide bonds. The van der Waals surface area contributed by atoms with Gasteiger partial charge in [0.1, 0.15) is 7.05 Å². The second-order valence-electron chi connectivity index (χ2n) is 6.03. The van der Waals surface area contributed by atoms with Crippen LogP contribution in [0.5, 0.6) is 0 Å². The molecule has 0 atom stereocenters. The van der Waals surface area contributed by atoms with E-state index in [0.29, 0.717) is 0 Å². The molecule has 1 aromatic heterocycles. The Morgan fingerprint density at radius 2 is 1.62 bits per heavy atom. The Hall–Kier alpha value is -1.76. The molecule has 0 aliphatic rings. The van der Waals surface area contributed by atoms with Crippen molar-refractivity contribution in [2.45, 2.75) is 6.92 Å². The van der Waals surface area contributed by atoms with Crippen molar-refractivity contribution in [3.8, 4) is 22.4 Å². The first-order valence-electron chi connectivity index (χ1n) is 8.12. The summed E-state index contributed by atoms with van der Waals surface area (Å²) in [6.07, 6.45) is 2.05. The molecular formula is C23H18BNY-. The smallest absolute Gasteiger partial charge is 0.120 e. The fraction of sp³-hybridized carbons (Fsp3) is 0.0870. The number of benzene rings is 3. The van der Waals surface area contributed by atoms with Crippen molar-refractivity contribution in [1.29, 1.82) is 0 Å². The van der Waals surface area contributed by atoms with E-state index >= 15 is 0 Å². The number of aryl methyl sites for hydroxylation is 2. The van der Waals surface area contributed by atoms with E-state index in [9.17, 15) is 0 Å². The maximum atomic E-state index is 3.42. The second kappa shape index (κ2) is 8.75. The standard InChI is InChI=1S/C23H18N.B.Y/c1-17-20-12-7-6-11-19(20)14-15-21(17)23-22(13-8-16-24(23)2)18-9-4-3-5-10-18;;/h3-9,11-12,14-16H,1-2H3;;/q-1;;. The third-order valence-corrected chi connectivity index (χ3v) is 4.55. The van der Waals surface area contributed by atoms with Crippen molar-refractivity contribution in [2.24, 2.45) is 7.05 Å². The summed E-state index contributed by atoms with van der Waals surface area (Å²) in [5.74, 6) is 0. The molecule has 0 N–H and O–H groups in total. The van der Waals surface area contributed by atoms with Gasteiger partial charge in [0, 0.05) is 41.1 Å². The van der Waals surface area contributed by atoms with Gasteiger partial charge >= 0.3 is 0 Å². The van der Waals surface area contributed by atoms with Crippen LogP contribution in [0.25, 0.3) is 33.2 Å². The molecule has 26 heavy (non-hydrogen) atoms. The maximum absolute atomic E-state index is 3.42. The molecule has 4 aromatic rings. The molecule has 0 unspecified atom stereocenters. The minimum Gasteiger partial charge on any atom is -0.289 e. The van der Waals surface area contributed by atoms with E-state index in [4.69, 9.17) is 0 Å². The monoisotopic (exact) mass is 408 g/mol. The maximum Gasteiger partial charge on any atom is 0.120 e. The Balaban J connectivity index is 0.00000121. The van der Waals surface area contributed by atoms with Crippen LogP contribution in [0.15, 0.2) is 72.9 Å². The van der Waals surface area contributed by atoms with Crippen molar-refractivity contribution >= 4 is 19.2 Å². The molecule has 1 nitrogen and oxygen atoms in total. The van der Waals surface area contributed by atoms with Crippen LogP contribution < -0.4 is 4.57 Å². The third kappa shape index (κ3) is 3.68. The van der Waals surface area contributed by atoms with Gasteiger partial charge in [0.05, 0.1) is 11.9 Å². The molecule has 122 valence electrons. The molecule has 3 aromatic carbocycles. The summed E-state index contributed by atoms with van der Waals surface area (Å²) < 4.78 is 2.17. The SMILES string of the molecule is Cc1c(-c2c(-c3[c-]cccc3)[c-]cc[n+]2C)ccc2ccccc12.[B].[Y]. The van der Waals surface area contributed by atoms with Crippen LogP contribution in [0, 0.1) is 19.1 Å². The van der Waals surface area contributed by atoms with E-state index in [1.54, 1.807) is 0 Å². The molecule has 0 aliphatic heterocycles.